The van der Waals surface area contributed by atoms with Crippen LogP contribution in [0.25, 0.3) is 0 Å². The van der Waals surface area contributed by atoms with E-state index in [-0.39, 0.29) is 16.8 Å². The molecule has 0 saturated carbocycles. The maximum atomic E-state index is 13.3. The lowest BCUT2D eigenvalue weighted by atomic mass is 10.0. The average Bonchev–Trinajstić information content (AvgIpc) is 3.03. The zero-order valence-electron chi connectivity index (χ0n) is 18.1. The monoisotopic (exact) mass is 428 g/mol. The zero-order chi connectivity index (χ0) is 21.7. The summed E-state index contributed by atoms with van der Waals surface area (Å²) >= 11 is 0. The summed E-state index contributed by atoms with van der Waals surface area (Å²) in [6, 6.07) is 12.9. The number of carbonyl (C=O) groups is 1. The molecule has 2 aromatic rings. The van der Waals surface area contributed by atoms with Gasteiger partial charge in [0.05, 0.1) is 10.9 Å². The van der Waals surface area contributed by atoms with Crippen LogP contribution in [0.2, 0.25) is 0 Å². The number of amides is 1. The van der Waals surface area contributed by atoms with Crippen molar-refractivity contribution < 1.29 is 13.2 Å². The molecular formula is C24H32N2O3S. The molecule has 1 heterocycles. The van der Waals surface area contributed by atoms with Gasteiger partial charge in [0, 0.05) is 18.7 Å². The highest BCUT2D eigenvalue weighted by molar-refractivity contribution is 7.89. The number of rotatable bonds is 6. The minimum absolute atomic E-state index is 0.120. The maximum Gasteiger partial charge on any atom is 0.251 e. The number of sulfonamides is 1. The Morgan fingerprint density at radius 2 is 1.63 bits per heavy atom. The molecule has 0 radical (unpaired) electrons. The molecule has 0 unspecified atom stereocenters. The Morgan fingerprint density at radius 3 is 2.23 bits per heavy atom. The van der Waals surface area contributed by atoms with Gasteiger partial charge in [-0.3, -0.25) is 4.79 Å². The minimum atomic E-state index is -3.61. The van der Waals surface area contributed by atoms with Crippen LogP contribution in [0.4, 0.5) is 0 Å². The van der Waals surface area contributed by atoms with Crippen LogP contribution in [0.5, 0.6) is 0 Å². The summed E-state index contributed by atoms with van der Waals surface area (Å²) in [5.41, 5.74) is 3.25. The number of nitrogens with one attached hydrogen (secondary N) is 1. The first kappa shape index (κ1) is 22.5. The van der Waals surface area contributed by atoms with Crippen LogP contribution in [0.3, 0.4) is 0 Å². The number of benzene rings is 2. The highest BCUT2D eigenvalue weighted by Gasteiger charge is 2.27. The Balaban J connectivity index is 1.84. The van der Waals surface area contributed by atoms with E-state index in [9.17, 15) is 13.2 Å². The van der Waals surface area contributed by atoms with Gasteiger partial charge in [-0.05, 0) is 56.4 Å². The minimum Gasteiger partial charge on any atom is -0.345 e. The van der Waals surface area contributed by atoms with Gasteiger partial charge in [-0.15, -0.1) is 0 Å². The van der Waals surface area contributed by atoms with Crippen LogP contribution >= 0.6 is 0 Å². The van der Waals surface area contributed by atoms with Crippen molar-refractivity contribution >= 4 is 15.9 Å². The molecular weight excluding hydrogens is 396 g/mol. The van der Waals surface area contributed by atoms with Gasteiger partial charge in [0.25, 0.3) is 5.91 Å². The predicted octanol–water partition coefficient (Wildman–Crippen LogP) is 4.75. The lowest BCUT2D eigenvalue weighted by Gasteiger charge is -2.22. The van der Waals surface area contributed by atoms with E-state index >= 15 is 0 Å². The smallest absolute Gasteiger partial charge is 0.251 e. The van der Waals surface area contributed by atoms with E-state index in [1.807, 2.05) is 38.1 Å². The van der Waals surface area contributed by atoms with Crippen molar-refractivity contribution in [2.45, 2.75) is 63.8 Å². The van der Waals surface area contributed by atoms with E-state index < -0.39 is 10.0 Å². The van der Waals surface area contributed by atoms with Crippen LogP contribution in [-0.4, -0.2) is 31.7 Å². The van der Waals surface area contributed by atoms with Crippen LogP contribution in [-0.2, 0) is 10.0 Å². The van der Waals surface area contributed by atoms with Gasteiger partial charge in [-0.1, -0.05) is 55.7 Å². The molecule has 0 bridgehead atoms. The molecule has 1 aliphatic heterocycles. The first-order chi connectivity index (χ1) is 14.3. The Hall–Kier alpha value is -2.18. The number of hydrogen-bond donors (Lipinski definition) is 1. The van der Waals surface area contributed by atoms with Gasteiger partial charge in [-0.25, -0.2) is 8.42 Å². The Morgan fingerprint density at radius 1 is 1.00 bits per heavy atom. The van der Waals surface area contributed by atoms with E-state index in [2.05, 4.69) is 5.32 Å². The molecule has 1 saturated heterocycles. The van der Waals surface area contributed by atoms with Crippen LogP contribution < -0.4 is 5.32 Å². The first-order valence-corrected chi connectivity index (χ1v) is 12.2. The third kappa shape index (κ3) is 5.10. The van der Waals surface area contributed by atoms with E-state index in [4.69, 9.17) is 0 Å². The first-order valence-electron chi connectivity index (χ1n) is 10.8. The molecule has 1 aliphatic rings. The molecule has 30 heavy (non-hydrogen) atoms. The van der Waals surface area contributed by atoms with Gasteiger partial charge >= 0.3 is 0 Å². The largest absolute Gasteiger partial charge is 0.345 e. The molecule has 6 heteroatoms. The molecule has 2 aromatic carbocycles. The van der Waals surface area contributed by atoms with E-state index in [0.717, 1.165) is 37.7 Å². The van der Waals surface area contributed by atoms with Crippen LogP contribution in [0.1, 0.15) is 72.1 Å². The van der Waals surface area contributed by atoms with Gasteiger partial charge in [0.2, 0.25) is 10.0 Å². The third-order valence-corrected chi connectivity index (χ3v) is 7.87. The summed E-state index contributed by atoms with van der Waals surface area (Å²) in [4.78, 5) is 13.2. The fourth-order valence-electron chi connectivity index (χ4n) is 3.90. The Labute approximate surface area is 180 Å². The van der Waals surface area contributed by atoms with Gasteiger partial charge in [-0.2, -0.15) is 4.31 Å². The number of carbonyl (C=O) groups excluding carboxylic acids is 1. The highest BCUT2D eigenvalue weighted by Crippen LogP contribution is 2.25. The van der Waals surface area contributed by atoms with E-state index in [1.54, 1.807) is 23.4 Å². The fraction of sp³-hybridized carbons (Fsp3) is 0.458. The van der Waals surface area contributed by atoms with Crippen molar-refractivity contribution in [3.05, 3.63) is 64.7 Å². The standard InChI is InChI=1S/C24H32N2O3S/c1-4-22(20-12-9-18(2)10-13-20)25-24(27)21-14-11-19(3)23(17-21)30(28,29)26-15-7-5-6-8-16-26/h9-14,17,22H,4-8,15-16H2,1-3H3,(H,25,27)/t22-/m1/s1. The Kier molecular flexibility index (Phi) is 7.32. The van der Waals surface area contributed by atoms with Crippen molar-refractivity contribution in [2.75, 3.05) is 13.1 Å². The molecule has 1 atom stereocenters. The van der Waals surface area contributed by atoms with Gasteiger partial charge in [0.15, 0.2) is 0 Å². The van der Waals surface area contributed by atoms with Crippen molar-refractivity contribution in [1.82, 2.24) is 9.62 Å². The Bertz CT molecular complexity index is 976. The summed E-state index contributed by atoms with van der Waals surface area (Å²) in [5, 5.41) is 3.06. The zero-order valence-corrected chi connectivity index (χ0v) is 19.0. The second-order valence-electron chi connectivity index (χ2n) is 8.14. The highest BCUT2D eigenvalue weighted by atomic mass is 32.2. The summed E-state index contributed by atoms with van der Waals surface area (Å²) in [6.45, 7) is 6.93. The van der Waals surface area contributed by atoms with Crippen molar-refractivity contribution in [2.24, 2.45) is 0 Å². The lowest BCUT2D eigenvalue weighted by molar-refractivity contribution is 0.0935. The van der Waals surface area contributed by atoms with E-state index in [0.29, 0.717) is 24.2 Å². The van der Waals surface area contributed by atoms with Crippen molar-refractivity contribution in [1.29, 1.82) is 0 Å². The molecule has 162 valence electrons. The molecule has 1 N–H and O–H groups in total. The SMILES string of the molecule is CC[C@@H](NC(=O)c1ccc(C)c(S(=O)(=O)N2CCCCCC2)c1)c1ccc(C)cc1. The molecule has 0 aliphatic carbocycles. The fourth-order valence-corrected chi connectivity index (χ4v) is 5.67. The number of aryl methyl sites for hydroxylation is 2. The van der Waals surface area contributed by atoms with Crippen molar-refractivity contribution in [3.8, 4) is 0 Å². The van der Waals surface area contributed by atoms with Gasteiger partial charge < -0.3 is 5.32 Å². The predicted molar refractivity (Wildman–Crippen MR) is 120 cm³/mol. The third-order valence-electron chi connectivity index (χ3n) is 5.83. The van der Waals surface area contributed by atoms with Crippen LogP contribution in [0.15, 0.2) is 47.4 Å². The van der Waals surface area contributed by atoms with Crippen molar-refractivity contribution in [3.63, 3.8) is 0 Å². The van der Waals surface area contributed by atoms with Gasteiger partial charge in [0.1, 0.15) is 0 Å². The molecule has 0 aromatic heterocycles. The molecule has 1 fully saturated rings. The normalized spacial score (nSPS) is 16.6. The number of hydrogen-bond acceptors (Lipinski definition) is 3. The maximum absolute atomic E-state index is 13.3. The second-order valence-corrected chi connectivity index (χ2v) is 10.0. The van der Waals surface area contributed by atoms with Crippen LogP contribution in [0, 0.1) is 13.8 Å². The summed E-state index contributed by atoms with van der Waals surface area (Å²) in [7, 11) is -3.61. The summed E-state index contributed by atoms with van der Waals surface area (Å²) in [5.74, 6) is -0.255. The topological polar surface area (TPSA) is 66.5 Å². The summed E-state index contributed by atoms with van der Waals surface area (Å²) < 4.78 is 28.1. The molecule has 3 rings (SSSR count). The molecule has 1 amide bonds. The van der Waals surface area contributed by atoms with E-state index in [1.165, 1.54) is 11.6 Å². The number of nitrogens with zero attached hydrogens (tertiary/aromatic N) is 1. The quantitative estimate of drug-likeness (QED) is 0.722. The second kappa shape index (κ2) is 9.75. The summed E-state index contributed by atoms with van der Waals surface area (Å²) in [6.07, 6.45) is 4.63. The lowest BCUT2D eigenvalue weighted by Crippen LogP contribution is -2.33. The molecule has 5 nitrogen and oxygen atoms in total. The average molecular weight is 429 g/mol. The molecule has 0 spiro atoms.